The van der Waals surface area contributed by atoms with Crippen LogP contribution in [0, 0.1) is 12.8 Å². The first kappa shape index (κ1) is 21.4. The summed E-state index contributed by atoms with van der Waals surface area (Å²) in [7, 11) is 0. The molecule has 0 radical (unpaired) electrons. The lowest BCUT2D eigenvalue weighted by atomic mass is 9.94. The van der Waals surface area contributed by atoms with Crippen LogP contribution in [-0.4, -0.2) is 39.9 Å². The fourth-order valence-corrected chi connectivity index (χ4v) is 4.54. The van der Waals surface area contributed by atoms with Gasteiger partial charge in [-0.3, -0.25) is 14.6 Å². The van der Waals surface area contributed by atoms with Crippen LogP contribution in [0.3, 0.4) is 0 Å². The Bertz CT molecular complexity index is 1090. The van der Waals surface area contributed by atoms with Gasteiger partial charge in [0.15, 0.2) is 28.7 Å². The van der Waals surface area contributed by atoms with E-state index in [1.54, 1.807) is 25.1 Å². The molecule has 2 N–H and O–H groups in total. The summed E-state index contributed by atoms with van der Waals surface area (Å²) in [5.41, 5.74) is 1.93. The predicted molar refractivity (Wildman–Crippen MR) is 115 cm³/mol. The number of aliphatic hydroxyl groups excluding tert-OH is 1. The lowest BCUT2D eigenvalue weighted by molar-refractivity contribution is 0.0547. The van der Waals surface area contributed by atoms with Crippen LogP contribution in [0.4, 0.5) is 5.13 Å². The molecule has 1 aliphatic heterocycles. The molecular formula is C22H23N3O5S. The van der Waals surface area contributed by atoms with Crippen molar-refractivity contribution in [3.8, 4) is 11.5 Å². The number of pyridine rings is 1. The van der Waals surface area contributed by atoms with Gasteiger partial charge in [-0.05, 0) is 44.9 Å². The number of hydrogen-bond donors (Lipinski definition) is 2. The van der Waals surface area contributed by atoms with Crippen LogP contribution in [0.25, 0.3) is 11.5 Å². The molecule has 4 heterocycles. The van der Waals surface area contributed by atoms with Gasteiger partial charge < -0.3 is 19.6 Å². The number of anilines is 1. The molecular weight excluding hydrogens is 418 g/mol. The number of carbonyl (C=O) groups is 2. The summed E-state index contributed by atoms with van der Waals surface area (Å²) in [6, 6.07) is 5.09. The van der Waals surface area contributed by atoms with Crippen molar-refractivity contribution in [3.05, 3.63) is 52.4 Å². The molecule has 3 aromatic heterocycles. The zero-order valence-electron chi connectivity index (χ0n) is 17.3. The Morgan fingerprint density at radius 2 is 2.10 bits per heavy atom. The Morgan fingerprint density at radius 3 is 2.77 bits per heavy atom. The summed E-state index contributed by atoms with van der Waals surface area (Å²) in [4.78, 5) is 34.2. The number of furan rings is 1. The summed E-state index contributed by atoms with van der Waals surface area (Å²) in [5.74, 6) is 0.244. The quantitative estimate of drug-likeness (QED) is 0.417. The van der Waals surface area contributed by atoms with Crippen LogP contribution in [-0.2, 0) is 4.74 Å². The summed E-state index contributed by atoms with van der Waals surface area (Å²) >= 11 is 1.18. The maximum atomic E-state index is 13.2. The van der Waals surface area contributed by atoms with Crippen molar-refractivity contribution in [2.24, 2.45) is 5.92 Å². The number of hydrogen-bond acceptors (Lipinski definition) is 9. The highest BCUT2D eigenvalue weighted by atomic mass is 32.1. The van der Waals surface area contributed by atoms with Crippen molar-refractivity contribution < 1.29 is 23.8 Å². The molecule has 1 unspecified atom stereocenters. The van der Waals surface area contributed by atoms with Gasteiger partial charge in [0.25, 0.3) is 0 Å². The number of aromatic nitrogens is 2. The molecule has 8 nitrogen and oxygen atoms in total. The topological polar surface area (TPSA) is 115 Å². The second-order valence-corrected chi connectivity index (χ2v) is 8.43. The van der Waals surface area contributed by atoms with Crippen molar-refractivity contribution in [2.45, 2.75) is 32.9 Å². The number of nitrogens with zero attached hydrogens (tertiary/aromatic N) is 2. The third-order valence-electron chi connectivity index (χ3n) is 5.26. The molecule has 1 aliphatic rings. The second kappa shape index (κ2) is 9.09. The number of nitrogens with one attached hydrogen (secondary N) is 1. The Morgan fingerprint density at radius 1 is 1.32 bits per heavy atom. The van der Waals surface area contributed by atoms with Gasteiger partial charge in [-0.1, -0.05) is 11.3 Å². The predicted octanol–water partition coefficient (Wildman–Crippen LogP) is 4.02. The maximum Gasteiger partial charge on any atom is 0.186 e. The Labute approximate surface area is 183 Å². The number of Topliss-reactive ketones (excluding diaryl/α,β-unsaturated/α-hetero) is 2. The molecule has 1 saturated heterocycles. The fourth-order valence-electron chi connectivity index (χ4n) is 3.53. The minimum absolute atomic E-state index is 0.00519. The molecule has 0 amide bonds. The smallest absolute Gasteiger partial charge is 0.186 e. The van der Waals surface area contributed by atoms with Crippen molar-refractivity contribution in [1.29, 1.82) is 0 Å². The molecule has 9 heteroatoms. The van der Waals surface area contributed by atoms with Crippen LogP contribution in [0.2, 0.25) is 0 Å². The van der Waals surface area contributed by atoms with Crippen molar-refractivity contribution in [3.63, 3.8) is 0 Å². The van der Waals surface area contributed by atoms with Gasteiger partial charge >= 0.3 is 0 Å². The van der Waals surface area contributed by atoms with Crippen LogP contribution in [0.1, 0.15) is 57.3 Å². The van der Waals surface area contributed by atoms with E-state index in [1.807, 2.05) is 0 Å². The monoisotopic (exact) mass is 441 g/mol. The Balaban J connectivity index is 1.62. The molecule has 0 spiro atoms. The molecule has 3 aromatic rings. The van der Waals surface area contributed by atoms with E-state index in [9.17, 15) is 14.7 Å². The Hall–Kier alpha value is -2.88. The minimum atomic E-state index is -1.15. The Kier molecular flexibility index (Phi) is 6.26. The highest BCUT2D eigenvalue weighted by Crippen LogP contribution is 2.36. The van der Waals surface area contributed by atoms with Crippen molar-refractivity contribution in [2.75, 3.05) is 18.5 Å². The molecule has 31 heavy (non-hydrogen) atoms. The first-order valence-corrected chi connectivity index (χ1v) is 10.8. The van der Waals surface area contributed by atoms with Gasteiger partial charge in [0.1, 0.15) is 10.6 Å². The molecule has 0 aromatic carbocycles. The average molecular weight is 442 g/mol. The van der Waals surface area contributed by atoms with E-state index in [0.29, 0.717) is 64.3 Å². The van der Waals surface area contributed by atoms with Crippen LogP contribution >= 0.6 is 11.3 Å². The number of rotatable bonds is 7. The van der Waals surface area contributed by atoms with E-state index < -0.39 is 6.23 Å². The lowest BCUT2D eigenvalue weighted by Gasteiger charge is -2.20. The summed E-state index contributed by atoms with van der Waals surface area (Å²) < 4.78 is 10.9. The zero-order chi connectivity index (χ0) is 22.0. The number of carbonyl (C=O) groups excluding carboxylic acids is 2. The van der Waals surface area contributed by atoms with Gasteiger partial charge in [-0.15, -0.1) is 0 Å². The average Bonchev–Trinajstić information content (AvgIpc) is 3.44. The van der Waals surface area contributed by atoms with E-state index >= 15 is 0 Å². The third kappa shape index (κ3) is 4.58. The normalized spacial score (nSPS) is 15.6. The van der Waals surface area contributed by atoms with Crippen LogP contribution < -0.4 is 5.32 Å². The van der Waals surface area contributed by atoms with E-state index in [2.05, 4.69) is 15.3 Å². The minimum Gasteiger partial charge on any atom is -0.463 e. The summed E-state index contributed by atoms with van der Waals surface area (Å²) in [5, 5.41) is 14.0. The van der Waals surface area contributed by atoms with Gasteiger partial charge in [-0.2, -0.15) is 0 Å². The van der Waals surface area contributed by atoms with Crippen LogP contribution in [0.15, 0.2) is 35.1 Å². The number of thiazole rings is 1. The number of ether oxygens (including phenoxy) is 1. The highest BCUT2D eigenvalue weighted by molar-refractivity contribution is 7.18. The van der Waals surface area contributed by atoms with Gasteiger partial charge in [0.2, 0.25) is 0 Å². The lowest BCUT2D eigenvalue weighted by Crippen LogP contribution is -2.23. The number of ketones is 2. The molecule has 0 aliphatic carbocycles. The summed E-state index contributed by atoms with van der Waals surface area (Å²) in [6.45, 7) is 4.32. The molecule has 1 atom stereocenters. The first-order valence-electron chi connectivity index (χ1n) is 10.0. The zero-order valence-corrected chi connectivity index (χ0v) is 18.1. The highest BCUT2D eigenvalue weighted by Gasteiger charge is 2.29. The van der Waals surface area contributed by atoms with Gasteiger partial charge in [0, 0.05) is 42.1 Å². The molecule has 1 fully saturated rings. The van der Waals surface area contributed by atoms with E-state index in [0.717, 1.165) is 0 Å². The fraction of sp³-hybridized carbons (Fsp3) is 0.364. The number of aliphatic hydroxyl groups is 1. The molecule has 162 valence electrons. The van der Waals surface area contributed by atoms with E-state index in [-0.39, 0.29) is 17.5 Å². The second-order valence-electron chi connectivity index (χ2n) is 7.43. The molecule has 4 rings (SSSR count). The standard InChI is InChI=1S/C22H23N3O5S/c1-12-16(13(2)26)10-15(11-23-12)21(28)25-22-24-18(17-4-3-7-30-17)20(31-22)19(27)14-5-8-29-9-6-14/h3-4,7,10-11,14,21,28H,5-6,8-9H2,1-2H3,(H,24,25). The van der Waals surface area contributed by atoms with Gasteiger partial charge in [0.05, 0.1) is 6.26 Å². The first-order chi connectivity index (χ1) is 14.9. The maximum absolute atomic E-state index is 13.2. The third-order valence-corrected chi connectivity index (χ3v) is 6.26. The molecule has 0 saturated carbocycles. The van der Waals surface area contributed by atoms with E-state index in [1.165, 1.54) is 30.7 Å². The largest absolute Gasteiger partial charge is 0.463 e. The van der Waals surface area contributed by atoms with Crippen molar-refractivity contribution in [1.82, 2.24) is 9.97 Å². The SMILES string of the molecule is CC(=O)c1cc(C(O)Nc2nc(-c3ccco3)c(C(=O)C3CCOCC3)s2)cnc1C. The van der Waals surface area contributed by atoms with E-state index in [4.69, 9.17) is 9.15 Å². The van der Waals surface area contributed by atoms with Crippen LogP contribution in [0.5, 0.6) is 0 Å². The molecule has 0 bridgehead atoms. The van der Waals surface area contributed by atoms with Crippen molar-refractivity contribution >= 4 is 28.0 Å². The number of aryl methyl sites for hydroxylation is 1. The summed E-state index contributed by atoms with van der Waals surface area (Å²) in [6.07, 6.45) is 3.23. The van der Waals surface area contributed by atoms with Gasteiger partial charge in [-0.25, -0.2) is 4.98 Å².